The van der Waals surface area contributed by atoms with E-state index in [9.17, 15) is 18.8 Å². The van der Waals surface area contributed by atoms with Crippen molar-refractivity contribution in [2.24, 2.45) is 5.41 Å². The summed E-state index contributed by atoms with van der Waals surface area (Å²) >= 11 is 1.27. The van der Waals surface area contributed by atoms with E-state index in [1.807, 2.05) is 19.2 Å². The molecule has 3 atom stereocenters. The maximum absolute atomic E-state index is 13.5. The standard InChI is InChI=1S/C24H35FN2OS.C6H8O7/c1-6-23(5,20-9-8-18(3)26-16-20)27-15-14-24(17-27,19(4)28-7-2)13-12-21-10-11-22(25)29-21;7-3(8)1-6(13,5(11)12)2-4(9)10/h8-11,16,19H,6-7,12-15,17H2,1-5H3;13H,1-2H2,(H,7,8)(H,9,10)(H,11,12)/t19-,23?,24-;/m1./s1. The average Bonchev–Trinajstić information content (AvgIpc) is 3.54. The summed E-state index contributed by atoms with van der Waals surface area (Å²) in [4.78, 5) is 38.8. The van der Waals surface area contributed by atoms with Crippen molar-refractivity contribution in [2.75, 3.05) is 19.7 Å². The molecule has 42 heavy (non-hydrogen) atoms. The number of thiophene rings is 1. The Morgan fingerprint density at radius 3 is 2.24 bits per heavy atom. The molecule has 234 valence electrons. The van der Waals surface area contributed by atoms with Gasteiger partial charge in [-0.3, -0.25) is 19.5 Å². The first-order chi connectivity index (χ1) is 19.6. The zero-order chi connectivity index (χ0) is 31.7. The van der Waals surface area contributed by atoms with E-state index in [0.29, 0.717) is 0 Å². The van der Waals surface area contributed by atoms with Gasteiger partial charge in [0.05, 0.1) is 18.9 Å². The van der Waals surface area contributed by atoms with Crippen LogP contribution in [0.5, 0.6) is 0 Å². The molecule has 0 saturated carbocycles. The van der Waals surface area contributed by atoms with Crippen LogP contribution >= 0.6 is 11.3 Å². The molecule has 1 saturated heterocycles. The second-order valence-corrected chi connectivity index (χ2v) is 12.2. The fourth-order valence-corrected chi connectivity index (χ4v) is 6.18. The lowest BCUT2D eigenvalue weighted by Gasteiger charge is -2.42. The molecule has 0 amide bonds. The van der Waals surface area contributed by atoms with Crippen molar-refractivity contribution in [1.29, 1.82) is 0 Å². The SMILES string of the molecule is CCO[C@H](C)[C@]1(CCc2ccc(F)s2)CCN(C(C)(CC)c2ccc(C)nc2)C1.O=C(O)CC(O)(CC(=O)O)C(=O)O. The Bertz CT molecular complexity index is 1190. The fourth-order valence-electron chi connectivity index (χ4n) is 5.45. The summed E-state index contributed by atoms with van der Waals surface area (Å²) in [6.45, 7) is 13.7. The first-order valence-corrected chi connectivity index (χ1v) is 14.9. The lowest BCUT2D eigenvalue weighted by molar-refractivity contribution is -0.170. The molecule has 1 aliphatic rings. The van der Waals surface area contributed by atoms with Gasteiger partial charge >= 0.3 is 17.9 Å². The number of ether oxygens (including phenoxy) is 1. The Kier molecular flexibility index (Phi) is 12.6. The number of carboxylic acids is 3. The number of carbonyl (C=O) groups is 3. The van der Waals surface area contributed by atoms with Crippen LogP contribution in [0.3, 0.4) is 0 Å². The van der Waals surface area contributed by atoms with Crippen molar-refractivity contribution in [2.45, 2.75) is 90.4 Å². The molecule has 10 nitrogen and oxygen atoms in total. The van der Waals surface area contributed by atoms with Crippen LogP contribution in [0.25, 0.3) is 0 Å². The molecule has 1 fully saturated rings. The lowest BCUT2D eigenvalue weighted by Crippen LogP contribution is -2.45. The van der Waals surface area contributed by atoms with Crippen LogP contribution in [0.2, 0.25) is 0 Å². The molecule has 0 bridgehead atoms. The molecule has 0 aromatic carbocycles. The predicted molar refractivity (Wildman–Crippen MR) is 156 cm³/mol. The van der Waals surface area contributed by atoms with Crippen molar-refractivity contribution in [3.63, 3.8) is 0 Å². The summed E-state index contributed by atoms with van der Waals surface area (Å²) in [5, 5.41) is 33.7. The third-order valence-electron chi connectivity index (χ3n) is 8.37. The van der Waals surface area contributed by atoms with E-state index in [1.165, 1.54) is 16.9 Å². The number of halogens is 1. The summed E-state index contributed by atoms with van der Waals surface area (Å²) in [7, 11) is 0. The Labute approximate surface area is 250 Å². The second kappa shape index (κ2) is 15.0. The predicted octanol–water partition coefficient (Wildman–Crippen LogP) is 4.72. The number of pyridine rings is 1. The quantitative estimate of drug-likeness (QED) is 0.236. The number of aliphatic hydroxyl groups is 1. The Balaban J connectivity index is 0.000000401. The number of carboxylic acid groups (broad SMARTS) is 3. The molecule has 1 unspecified atom stereocenters. The summed E-state index contributed by atoms with van der Waals surface area (Å²) < 4.78 is 19.6. The van der Waals surface area contributed by atoms with E-state index in [1.54, 1.807) is 6.07 Å². The molecular weight excluding hydrogens is 567 g/mol. The Hall–Kier alpha value is -2.93. The van der Waals surface area contributed by atoms with Crippen molar-refractivity contribution < 1.29 is 43.9 Å². The highest BCUT2D eigenvalue weighted by Crippen LogP contribution is 2.45. The number of rotatable bonds is 14. The fraction of sp³-hybridized carbons (Fsp3) is 0.600. The van der Waals surface area contributed by atoms with Gasteiger partial charge in [-0.1, -0.05) is 13.0 Å². The van der Waals surface area contributed by atoms with Gasteiger partial charge in [0.2, 0.25) is 0 Å². The van der Waals surface area contributed by atoms with Crippen LogP contribution in [0.15, 0.2) is 30.5 Å². The maximum Gasteiger partial charge on any atom is 0.336 e. The number of likely N-dealkylation sites (tertiary alicyclic amines) is 1. The van der Waals surface area contributed by atoms with Gasteiger partial charge < -0.3 is 25.2 Å². The zero-order valence-corrected chi connectivity index (χ0v) is 25.7. The first kappa shape index (κ1) is 35.3. The topological polar surface area (TPSA) is 157 Å². The molecule has 1 aliphatic heterocycles. The normalized spacial score (nSPS) is 19.4. The highest BCUT2D eigenvalue weighted by atomic mass is 32.1. The molecule has 2 aromatic heterocycles. The van der Waals surface area contributed by atoms with Gasteiger partial charge in [0.15, 0.2) is 10.7 Å². The van der Waals surface area contributed by atoms with Gasteiger partial charge in [-0.2, -0.15) is 4.39 Å². The zero-order valence-electron chi connectivity index (χ0n) is 24.9. The molecule has 3 heterocycles. The number of aryl methyl sites for hydroxylation is 2. The largest absolute Gasteiger partial charge is 0.481 e. The number of aromatic nitrogens is 1. The van der Waals surface area contributed by atoms with Gasteiger partial charge in [0.1, 0.15) is 0 Å². The first-order valence-electron chi connectivity index (χ1n) is 14.0. The third kappa shape index (κ3) is 9.03. The highest BCUT2D eigenvalue weighted by molar-refractivity contribution is 7.10. The summed E-state index contributed by atoms with van der Waals surface area (Å²) in [6.07, 6.45) is 4.01. The minimum Gasteiger partial charge on any atom is -0.481 e. The summed E-state index contributed by atoms with van der Waals surface area (Å²) in [5.74, 6) is -5.02. The van der Waals surface area contributed by atoms with E-state index in [2.05, 4.69) is 49.7 Å². The molecule has 0 spiro atoms. The molecular formula is C30H43FN2O8S. The third-order valence-corrected chi connectivity index (χ3v) is 9.30. The van der Waals surface area contributed by atoms with Crippen LogP contribution in [-0.4, -0.2) is 79.6 Å². The van der Waals surface area contributed by atoms with Gasteiger partial charge in [-0.25, -0.2) is 4.79 Å². The minimum atomic E-state index is -2.74. The van der Waals surface area contributed by atoms with Gasteiger partial charge in [0.25, 0.3) is 0 Å². The van der Waals surface area contributed by atoms with Gasteiger partial charge in [-0.15, -0.1) is 11.3 Å². The van der Waals surface area contributed by atoms with Crippen LogP contribution in [0, 0.1) is 17.5 Å². The van der Waals surface area contributed by atoms with Crippen LogP contribution in [0.1, 0.15) is 75.9 Å². The van der Waals surface area contributed by atoms with Gasteiger partial charge in [-0.05, 0) is 83.7 Å². The molecule has 3 rings (SSSR count). The Morgan fingerprint density at radius 2 is 1.79 bits per heavy atom. The van der Waals surface area contributed by atoms with Crippen LogP contribution in [-0.2, 0) is 31.1 Å². The monoisotopic (exact) mass is 610 g/mol. The highest BCUT2D eigenvalue weighted by Gasteiger charge is 2.48. The summed E-state index contributed by atoms with van der Waals surface area (Å²) in [5.41, 5.74) is -0.353. The summed E-state index contributed by atoms with van der Waals surface area (Å²) in [6, 6.07) is 7.85. The maximum atomic E-state index is 13.5. The molecule has 0 radical (unpaired) electrons. The van der Waals surface area contributed by atoms with E-state index in [-0.39, 0.29) is 22.2 Å². The average molecular weight is 611 g/mol. The molecule has 4 N–H and O–H groups in total. The Morgan fingerprint density at radius 1 is 1.14 bits per heavy atom. The van der Waals surface area contributed by atoms with Crippen molar-refractivity contribution in [1.82, 2.24) is 9.88 Å². The van der Waals surface area contributed by atoms with Crippen LogP contribution in [0.4, 0.5) is 4.39 Å². The lowest BCUT2D eigenvalue weighted by atomic mass is 9.77. The van der Waals surface area contributed by atoms with Crippen LogP contribution < -0.4 is 0 Å². The molecule has 0 aliphatic carbocycles. The van der Waals surface area contributed by atoms with E-state index in [4.69, 9.17) is 25.2 Å². The number of nitrogens with zero attached hydrogens (tertiary/aromatic N) is 2. The number of aliphatic carboxylic acids is 3. The van der Waals surface area contributed by atoms with Crippen molar-refractivity contribution in [3.8, 4) is 0 Å². The smallest absolute Gasteiger partial charge is 0.336 e. The van der Waals surface area contributed by atoms with E-state index >= 15 is 0 Å². The van der Waals surface area contributed by atoms with E-state index in [0.717, 1.165) is 56.0 Å². The van der Waals surface area contributed by atoms with E-state index < -0.39 is 36.4 Å². The molecule has 12 heteroatoms. The van der Waals surface area contributed by atoms with Crippen molar-refractivity contribution in [3.05, 3.63) is 51.7 Å². The number of hydrogen-bond acceptors (Lipinski definition) is 8. The second-order valence-electron chi connectivity index (χ2n) is 11.1. The molecule has 2 aromatic rings. The number of hydrogen-bond donors (Lipinski definition) is 4. The minimum absolute atomic E-state index is 0.0383. The van der Waals surface area contributed by atoms with Crippen molar-refractivity contribution >= 4 is 29.2 Å². The van der Waals surface area contributed by atoms with Gasteiger partial charge in [0, 0.05) is 40.9 Å².